The van der Waals surface area contributed by atoms with Crippen LogP contribution in [0.2, 0.25) is 5.02 Å². The van der Waals surface area contributed by atoms with Gasteiger partial charge in [0.05, 0.1) is 0 Å². The molecule has 0 amide bonds. The second-order valence-electron chi connectivity index (χ2n) is 5.82. The van der Waals surface area contributed by atoms with E-state index in [1.54, 1.807) is 0 Å². The van der Waals surface area contributed by atoms with Gasteiger partial charge in [0.2, 0.25) is 0 Å². The van der Waals surface area contributed by atoms with Gasteiger partial charge in [0, 0.05) is 41.4 Å². The summed E-state index contributed by atoms with van der Waals surface area (Å²) in [7, 11) is 0. The lowest BCUT2D eigenvalue weighted by atomic mass is 10.0. The molecule has 2 aliphatic heterocycles. The van der Waals surface area contributed by atoms with Gasteiger partial charge in [-0.25, -0.2) is 0 Å². The van der Waals surface area contributed by atoms with E-state index >= 15 is 0 Å². The van der Waals surface area contributed by atoms with Crippen molar-refractivity contribution in [2.24, 2.45) is 5.73 Å². The van der Waals surface area contributed by atoms with Crippen molar-refractivity contribution in [1.29, 1.82) is 0 Å². The zero-order valence-electron chi connectivity index (χ0n) is 11.7. The minimum atomic E-state index is 0.420. The first-order valence-corrected chi connectivity index (χ1v) is 7.95. The van der Waals surface area contributed by atoms with Gasteiger partial charge in [0.25, 0.3) is 0 Å². The van der Waals surface area contributed by atoms with Crippen LogP contribution in [0.4, 0.5) is 5.69 Å². The van der Waals surface area contributed by atoms with E-state index in [4.69, 9.17) is 29.6 Å². The van der Waals surface area contributed by atoms with E-state index in [0.29, 0.717) is 22.1 Å². The average molecular weight is 310 g/mol. The van der Waals surface area contributed by atoms with Gasteiger partial charge in [-0.15, -0.1) is 0 Å². The molecule has 0 radical (unpaired) electrons. The van der Waals surface area contributed by atoms with Crippen LogP contribution in [0, 0.1) is 0 Å². The SMILES string of the molecule is CC1CN2CCCC2CN1c1ccc(Cl)cc1C(N)=S. The number of nitrogens with two attached hydrogens (primary N) is 1. The first-order valence-electron chi connectivity index (χ1n) is 7.16. The van der Waals surface area contributed by atoms with E-state index in [0.717, 1.165) is 24.3 Å². The van der Waals surface area contributed by atoms with Crippen LogP contribution in [-0.2, 0) is 0 Å². The van der Waals surface area contributed by atoms with Crippen molar-refractivity contribution < 1.29 is 0 Å². The normalized spacial score (nSPS) is 26.6. The molecule has 0 bridgehead atoms. The van der Waals surface area contributed by atoms with Gasteiger partial charge in [-0.1, -0.05) is 23.8 Å². The molecule has 20 heavy (non-hydrogen) atoms. The van der Waals surface area contributed by atoms with Crippen molar-refractivity contribution in [3.05, 3.63) is 28.8 Å². The van der Waals surface area contributed by atoms with Crippen molar-refractivity contribution in [1.82, 2.24) is 4.90 Å². The summed E-state index contributed by atoms with van der Waals surface area (Å²) >= 11 is 11.3. The summed E-state index contributed by atoms with van der Waals surface area (Å²) in [6.07, 6.45) is 2.60. The van der Waals surface area contributed by atoms with Gasteiger partial charge in [-0.2, -0.15) is 0 Å². The molecular weight excluding hydrogens is 290 g/mol. The van der Waals surface area contributed by atoms with Gasteiger partial charge in [0.15, 0.2) is 0 Å². The monoisotopic (exact) mass is 309 g/mol. The lowest BCUT2D eigenvalue weighted by Crippen LogP contribution is -2.55. The molecule has 2 fully saturated rings. The number of thiocarbonyl (C=S) groups is 1. The maximum Gasteiger partial charge on any atom is 0.106 e. The number of fused-ring (bicyclic) bond motifs is 1. The average Bonchev–Trinajstić information content (AvgIpc) is 2.85. The Morgan fingerprint density at radius 1 is 1.40 bits per heavy atom. The van der Waals surface area contributed by atoms with Gasteiger partial charge in [-0.05, 0) is 44.5 Å². The van der Waals surface area contributed by atoms with E-state index < -0.39 is 0 Å². The second-order valence-corrected chi connectivity index (χ2v) is 6.69. The van der Waals surface area contributed by atoms with Crippen LogP contribution >= 0.6 is 23.8 Å². The fourth-order valence-electron chi connectivity index (χ4n) is 3.48. The van der Waals surface area contributed by atoms with E-state index in [-0.39, 0.29) is 0 Å². The number of hydrogen-bond donors (Lipinski definition) is 1. The first kappa shape index (κ1) is 14.1. The molecule has 0 aliphatic carbocycles. The molecule has 2 unspecified atom stereocenters. The third kappa shape index (κ3) is 2.52. The summed E-state index contributed by atoms with van der Waals surface area (Å²) in [5.41, 5.74) is 7.90. The Bertz CT molecular complexity index is 534. The largest absolute Gasteiger partial charge is 0.389 e. The highest BCUT2D eigenvalue weighted by molar-refractivity contribution is 7.80. The fraction of sp³-hybridized carbons (Fsp3) is 0.533. The molecule has 2 heterocycles. The van der Waals surface area contributed by atoms with Crippen molar-refractivity contribution in [3.8, 4) is 0 Å². The second kappa shape index (κ2) is 5.51. The molecular formula is C15H20ClN3S. The third-order valence-electron chi connectivity index (χ3n) is 4.47. The Morgan fingerprint density at radius 2 is 2.20 bits per heavy atom. The highest BCUT2D eigenvalue weighted by Gasteiger charge is 2.35. The van der Waals surface area contributed by atoms with E-state index in [1.807, 2.05) is 12.1 Å². The van der Waals surface area contributed by atoms with Gasteiger partial charge in [0.1, 0.15) is 4.99 Å². The molecule has 3 rings (SSSR count). The molecule has 2 aliphatic rings. The lowest BCUT2D eigenvalue weighted by Gasteiger charge is -2.44. The molecule has 2 atom stereocenters. The Hall–Kier alpha value is -0.840. The molecule has 1 aromatic rings. The fourth-order valence-corrected chi connectivity index (χ4v) is 3.81. The van der Waals surface area contributed by atoms with Crippen molar-refractivity contribution >= 4 is 34.5 Å². The highest BCUT2D eigenvalue weighted by Crippen LogP contribution is 2.32. The third-order valence-corrected chi connectivity index (χ3v) is 4.93. The molecule has 108 valence electrons. The smallest absolute Gasteiger partial charge is 0.106 e. The number of halogens is 1. The molecule has 1 aromatic carbocycles. The summed E-state index contributed by atoms with van der Waals surface area (Å²) in [4.78, 5) is 5.47. The van der Waals surface area contributed by atoms with Crippen molar-refractivity contribution in [2.45, 2.75) is 31.8 Å². The van der Waals surface area contributed by atoms with Gasteiger partial charge < -0.3 is 10.6 Å². The zero-order valence-corrected chi connectivity index (χ0v) is 13.3. The number of anilines is 1. The summed E-state index contributed by atoms with van der Waals surface area (Å²) in [6.45, 7) is 5.68. The summed E-state index contributed by atoms with van der Waals surface area (Å²) in [6, 6.07) is 7.00. The van der Waals surface area contributed by atoms with E-state index in [2.05, 4.69) is 22.8 Å². The minimum absolute atomic E-state index is 0.420. The molecule has 0 saturated carbocycles. The topological polar surface area (TPSA) is 32.5 Å². The summed E-state index contributed by atoms with van der Waals surface area (Å²) in [5, 5.41) is 0.684. The van der Waals surface area contributed by atoms with Gasteiger partial charge in [-0.3, -0.25) is 4.90 Å². The van der Waals surface area contributed by atoms with E-state index in [9.17, 15) is 0 Å². The Balaban J connectivity index is 1.93. The predicted octanol–water partition coefficient (Wildman–Crippen LogP) is 2.65. The quantitative estimate of drug-likeness (QED) is 0.851. The van der Waals surface area contributed by atoms with Crippen LogP contribution in [0.5, 0.6) is 0 Å². The predicted molar refractivity (Wildman–Crippen MR) is 88.7 cm³/mol. The number of piperazine rings is 1. The van der Waals surface area contributed by atoms with Crippen LogP contribution in [0.15, 0.2) is 18.2 Å². The number of hydrogen-bond acceptors (Lipinski definition) is 3. The summed E-state index contributed by atoms with van der Waals surface area (Å²) < 4.78 is 0. The van der Waals surface area contributed by atoms with Crippen molar-refractivity contribution in [2.75, 3.05) is 24.5 Å². The van der Waals surface area contributed by atoms with Crippen LogP contribution in [0.3, 0.4) is 0 Å². The molecule has 2 saturated heterocycles. The van der Waals surface area contributed by atoms with Crippen LogP contribution in [-0.4, -0.2) is 41.6 Å². The maximum atomic E-state index is 6.08. The number of nitrogens with zero attached hydrogens (tertiary/aromatic N) is 2. The lowest BCUT2D eigenvalue weighted by molar-refractivity contribution is 0.203. The highest BCUT2D eigenvalue weighted by atomic mass is 35.5. The van der Waals surface area contributed by atoms with Crippen molar-refractivity contribution in [3.63, 3.8) is 0 Å². The van der Waals surface area contributed by atoms with E-state index in [1.165, 1.54) is 19.4 Å². The molecule has 3 nitrogen and oxygen atoms in total. The Morgan fingerprint density at radius 3 is 2.95 bits per heavy atom. The Labute approximate surface area is 130 Å². The molecule has 0 spiro atoms. The standard InChI is InChI=1S/C15H20ClN3S/c1-10-8-18-6-2-3-12(18)9-19(10)14-5-4-11(16)7-13(14)15(17)20/h4-5,7,10,12H,2-3,6,8-9H2,1H3,(H2,17,20). The first-order chi connectivity index (χ1) is 9.56. The molecule has 0 aromatic heterocycles. The zero-order chi connectivity index (χ0) is 14.3. The Kier molecular flexibility index (Phi) is 3.89. The maximum absolute atomic E-state index is 6.08. The van der Waals surface area contributed by atoms with Crippen LogP contribution in [0.25, 0.3) is 0 Å². The number of rotatable bonds is 2. The minimum Gasteiger partial charge on any atom is -0.389 e. The van der Waals surface area contributed by atoms with Gasteiger partial charge >= 0.3 is 0 Å². The molecule has 2 N–H and O–H groups in total. The molecule has 5 heteroatoms. The summed E-state index contributed by atoms with van der Waals surface area (Å²) in [5.74, 6) is 0. The van der Waals surface area contributed by atoms with Crippen LogP contribution in [0.1, 0.15) is 25.3 Å². The number of benzene rings is 1. The van der Waals surface area contributed by atoms with Crippen LogP contribution < -0.4 is 10.6 Å².